The molecule has 1 atom stereocenters. The lowest BCUT2D eigenvalue weighted by atomic mass is 10.0. The summed E-state index contributed by atoms with van der Waals surface area (Å²) < 4.78 is 26.4. The van der Waals surface area contributed by atoms with Gasteiger partial charge in [-0.25, -0.2) is 8.78 Å². The van der Waals surface area contributed by atoms with Gasteiger partial charge in [-0.2, -0.15) is 0 Å². The number of hydrogen-bond acceptors (Lipinski definition) is 2. The lowest BCUT2D eigenvalue weighted by molar-refractivity contribution is 0.493. The highest BCUT2D eigenvalue weighted by atomic mass is 19.1. The molecule has 0 heterocycles. The maximum Gasteiger partial charge on any atom is 0.128 e. The second-order valence-corrected chi connectivity index (χ2v) is 3.40. The third kappa shape index (κ3) is 3.25. The van der Waals surface area contributed by atoms with Crippen molar-refractivity contribution in [1.82, 2.24) is 10.6 Å². The Morgan fingerprint density at radius 1 is 1.27 bits per heavy atom. The Hall–Kier alpha value is -1.00. The molecule has 15 heavy (non-hydrogen) atoms. The van der Waals surface area contributed by atoms with Crippen LogP contribution in [0, 0.1) is 11.6 Å². The molecule has 0 aliphatic rings. The molecule has 2 nitrogen and oxygen atoms in total. The summed E-state index contributed by atoms with van der Waals surface area (Å²) in [5.41, 5.74) is 0.382. The van der Waals surface area contributed by atoms with Gasteiger partial charge >= 0.3 is 0 Å². The topological polar surface area (TPSA) is 24.1 Å². The van der Waals surface area contributed by atoms with Crippen molar-refractivity contribution in [3.63, 3.8) is 0 Å². The van der Waals surface area contributed by atoms with Gasteiger partial charge in [-0.15, -0.1) is 0 Å². The van der Waals surface area contributed by atoms with Crippen molar-refractivity contribution in [2.75, 3.05) is 20.6 Å². The third-order valence-electron chi connectivity index (χ3n) is 2.36. The van der Waals surface area contributed by atoms with Gasteiger partial charge in [0.25, 0.3) is 0 Å². The zero-order chi connectivity index (χ0) is 11.3. The van der Waals surface area contributed by atoms with Crippen molar-refractivity contribution in [3.05, 3.63) is 35.4 Å². The number of halogens is 2. The van der Waals surface area contributed by atoms with Gasteiger partial charge < -0.3 is 10.6 Å². The van der Waals surface area contributed by atoms with Crippen LogP contribution in [-0.4, -0.2) is 20.6 Å². The van der Waals surface area contributed by atoms with Gasteiger partial charge in [0.05, 0.1) is 0 Å². The predicted octanol–water partition coefficient (Wildman–Crippen LogP) is 1.83. The average molecular weight is 214 g/mol. The summed E-state index contributed by atoms with van der Waals surface area (Å²) in [5, 5.41) is 5.95. The number of nitrogens with one attached hydrogen (secondary N) is 2. The fraction of sp³-hybridized carbons (Fsp3) is 0.455. The van der Waals surface area contributed by atoms with Crippen LogP contribution < -0.4 is 10.6 Å². The van der Waals surface area contributed by atoms with E-state index < -0.39 is 5.82 Å². The van der Waals surface area contributed by atoms with Crippen LogP contribution in [0.4, 0.5) is 8.78 Å². The number of rotatable bonds is 5. The van der Waals surface area contributed by atoms with Crippen LogP contribution in [0.5, 0.6) is 0 Å². The first kappa shape index (κ1) is 12.1. The van der Waals surface area contributed by atoms with E-state index in [1.807, 2.05) is 7.05 Å². The second kappa shape index (κ2) is 5.78. The van der Waals surface area contributed by atoms with E-state index in [0.717, 1.165) is 18.7 Å². The summed E-state index contributed by atoms with van der Waals surface area (Å²) in [5.74, 6) is -0.775. The molecule has 1 aromatic rings. The van der Waals surface area contributed by atoms with Crippen molar-refractivity contribution >= 4 is 0 Å². The lowest BCUT2D eigenvalue weighted by Crippen LogP contribution is -2.22. The largest absolute Gasteiger partial charge is 0.320 e. The Morgan fingerprint density at radius 3 is 2.60 bits per heavy atom. The summed E-state index contributed by atoms with van der Waals surface area (Å²) in [7, 11) is 3.57. The van der Waals surface area contributed by atoms with Crippen LogP contribution >= 0.6 is 0 Å². The highest BCUT2D eigenvalue weighted by Crippen LogP contribution is 2.20. The van der Waals surface area contributed by atoms with Crippen molar-refractivity contribution in [2.45, 2.75) is 12.5 Å². The third-order valence-corrected chi connectivity index (χ3v) is 2.36. The Kier molecular flexibility index (Phi) is 4.65. The smallest absolute Gasteiger partial charge is 0.128 e. The zero-order valence-corrected chi connectivity index (χ0v) is 8.98. The van der Waals surface area contributed by atoms with E-state index in [9.17, 15) is 8.78 Å². The van der Waals surface area contributed by atoms with Crippen molar-refractivity contribution in [2.24, 2.45) is 0 Å². The Balaban J connectivity index is 2.85. The molecule has 0 aromatic heterocycles. The number of hydrogen-bond donors (Lipinski definition) is 2. The minimum Gasteiger partial charge on any atom is -0.320 e. The summed E-state index contributed by atoms with van der Waals surface area (Å²) in [6, 6.07) is 3.37. The fourth-order valence-electron chi connectivity index (χ4n) is 1.53. The molecule has 84 valence electrons. The SMILES string of the molecule is CNCCC(NC)c1cc(F)ccc1F. The van der Waals surface area contributed by atoms with E-state index in [1.54, 1.807) is 7.05 Å². The quantitative estimate of drug-likeness (QED) is 0.781. The van der Waals surface area contributed by atoms with Crippen molar-refractivity contribution in [3.8, 4) is 0 Å². The standard InChI is InChI=1S/C11H16F2N2/c1-14-6-5-11(15-2)9-7-8(12)3-4-10(9)13/h3-4,7,11,14-15H,5-6H2,1-2H3. The van der Waals surface area contributed by atoms with Gasteiger partial charge in [-0.05, 0) is 45.3 Å². The first-order chi connectivity index (χ1) is 7.19. The highest BCUT2D eigenvalue weighted by molar-refractivity contribution is 5.22. The monoisotopic (exact) mass is 214 g/mol. The molecule has 0 amide bonds. The molecule has 1 rings (SSSR count). The molecule has 0 saturated heterocycles. The minimum atomic E-state index is -0.406. The molecule has 4 heteroatoms. The molecule has 0 spiro atoms. The van der Waals surface area contributed by atoms with E-state index in [0.29, 0.717) is 12.0 Å². The van der Waals surface area contributed by atoms with Gasteiger partial charge in [-0.3, -0.25) is 0 Å². The molecular weight excluding hydrogens is 198 g/mol. The van der Waals surface area contributed by atoms with Crippen molar-refractivity contribution in [1.29, 1.82) is 0 Å². The van der Waals surface area contributed by atoms with Gasteiger partial charge in [0.15, 0.2) is 0 Å². The fourth-order valence-corrected chi connectivity index (χ4v) is 1.53. The zero-order valence-electron chi connectivity index (χ0n) is 8.98. The van der Waals surface area contributed by atoms with E-state index in [2.05, 4.69) is 10.6 Å². The highest BCUT2D eigenvalue weighted by Gasteiger charge is 2.14. The van der Waals surface area contributed by atoms with Crippen LogP contribution in [0.25, 0.3) is 0 Å². The van der Waals surface area contributed by atoms with Crippen LogP contribution in [0.3, 0.4) is 0 Å². The van der Waals surface area contributed by atoms with Gasteiger partial charge in [-0.1, -0.05) is 0 Å². The lowest BCUT2D eigenvalue weighted by Gasteiger charge is -2.17. The molecule has 0 aliphatic heterocycles. The van der Waals surface area contributed by atoms with Gasteiger partial charge in [0.1, 0.15) is 11.6 Å². The van der Waals surface area contributed by atoms with Gasteiger partial charge in [0, 0.05) is 11.6 Å². The first-order valence-corrected chi connectivity index (χ1v) is 4.96. The summed E-state index contributed by atoms with van der Waals surface area (Å²) in [6.45, 7) is 0.751. The molecule has 0 bridgehead atoms. The van der Waals surface area contributed by atoms with E-state index in [-0.39, 0.29) is 11.9 Å². The van der Waals surface area contributed by atoms with Crippen LogP contribution in [0.2, 0.25) is 0 Å². The number of benzene rings is 1. The van der Waals surface area contributed by atoms with Crippen LogP contribution in [0.15, 0.2) is 18.2 Å². The summed E-state index contributed by atoms with van der Waals surface area (Å²) >= 11 is 0. The van der Waals surface area contributed by atoms with E-state index in [1.165, 1.54) is 6.07 Å². The molecule has 2 N–H and O–H groups in total. The Bertz CT molecular complexity index is 315. The van der Waals surface area contributed by atoms with Crippen LogP contribution in [-0.2, 0) is 0 Å². The molecule has 0 radical (unpaired) electrons. The van der Waals surface area contributed by atoms with E-state index >= 15 is 0 Å². The molecule has 1 unspecified atom stereocenters. The maximum atomic E-state index is 13.4. The second-order valence-electron chi connectivity index (χ2n) is 3.40. The molecule has 0 fully saturated rings. The molecular formula is C11H16F2N2. The predicted molar refractivity (Wildman–Crippen MR) is 56.7 cm³/mol. The summed E-state index contributed by atoms with van der Waals surface area (Å²) in [4.78, 5) is 0. The Labute approximate surface area is 88.7 Å². The van der Waals surface area contributed by atoms with Crippen molar-refractivity contribution < 1.29 is 8.78 Å². The average Bonchev–Trinajstić information content (AvgIpc) is 2.24. The molecule has 1 aromatic carbocycles. The normalized spacial score (nSPS) is 12.8. The molecule has 0 saturated carbocycles. The van der Waals surface area contributed by atoms with E-state index in [4.69, 9.17) is 0 Å². The molecule has 0 aliphatic carbocycles. The maximum absolute atomic E-state index is 13.4. The van der Waals surface area contributed by atoms with Gasteiger partial charge in [0.2, 0.25) is 0 Å². The minimum absolute atomic E-state index is 0.159. The Morgan fingerprint density at radius 2 is 2.00 bits per heavy atom. The first-order valence-electron chi connectivity index (χ1n) is 4.96. The summed E-state index contributed by atoms with van der Waals surface area (Å²) in [6.07, 6.45) is 0.716. The van der Waals surface area contributed by atoms with Crippen LogP contribution in [0.1, 0.15) is 18.0 Å².